The molecule has 5 rings (SSSR count). The number of hydrogen-bond acceptors (Lipinski definition) is 7. The number of nitrogens with zero attached hydrogens (tertiary/aromatic N) is 4. The van der Waals surface area contributed by atoms with E-state index >= 15 is 0 Å². The average molecular weight is 493 g/mol. The van der Waals surface area contributed by atoms with Crippen molar-refractivity contribution in [1.29, 1.82) is 0 Å². The Morgan fingerprint density at radius 2 is 2.14 bits per heavy atom. The second kappa shape index (κ2) is 9.44. The molecule has 3 aromatic rings. The van der Waals surface area contributed by atoms with Crippen LogP contribution >= 0.6 is 11.8 Å². The molecule has 1 aromatic carbocycles. The highest BCUT2D eigenvalue weighted by molar-refractivity contribution is 8.00. The number of hydrogen-bond donors (Lipinski definition) is 4. The number of aliphatic imine (C=N–C) groups is 2. The summed E-state index contributed by atoms with van der Waals surface area (Å²) in [6.45, 7) is 3.65. The zero-order chi connectivity index (χ0) is 24.7. The molecule has 182 valence electrons. The van der Waals surface area contributed by atoms with Crippen LogP contribution in [0.4, 0.5) is 11.6 Å². The van der Waals surface area contributed by atoms with Crippen LogP contribution in [0.3, 0.4) is 0 Å². The van der Waals surface area contributed by atoms with Gasteiger partial charge < -0.3 is 25.8 Å². The van der Waals surface area contributed by atoms with Gasteiger partial charge in [-0.2, -0.15) is 0 Å². The lowest BCUT2D eigenvalue weighted by Crippen LogP contribution is -2.29. The summed E-state index contributed by atoms with van der Waals surface area (Å²) < 4.78 is 1.84. The summed E-state index contributed by atoms with van der Waals surface area (Å²) in [6.07, 6.45) is 2.08. The molecule has 0 unspecified atom stereocenters. The molecule has 5 N–H and O–H groups in total. The predicted octanol–water partition coefficient (Wildman–Crippen LogP) is 2.66. The van der Waals surface area contributed by atoms with Gasteiger partial charge in [0.15, 0.2) is 0 Å². The molecule has 35 heavy (non-hydrogen) atoms. The number of nitrogens with two attached hydrogens (primary N) is 1. The van der Waals surface area contributed by atoms with E-state index in [4.69, 9.17) is 5.73 Å². The number of carbonyl (C=O) groups is 1. The Hall–Kier alpha value is -3.21. The minimum atomic E-state index is -0.925. The molecular formula is C25H28N6O3S. The number of thioether (sulfide) groups is 1. The lowest BCUT2D eigenvalue weighted by molar-refractivity contribution is -0.113. The molecule has 1 amide bonds. The van der Waals surface area contributed by atoms with Crippen LogP contribution in [0.15, 0.2) is 51.4 Å². The number of rotatable bonds is 6. The van der Waals surface area contributed by atoms with Gasteiger partial charge in [0, 0.05) is 18.6 Å². The van der Waals surface area contributed by atoms with E-state index in [0.29, 0.717) is 41.6 Å². The molecule has 0 bridgehead atoms. The van der Waals surface area contributed by atoms with Gasteiger partial charge in [-0.3, -0.25) is 9.79 Å². The van der Waals surface area contributed by atoms with Gasteiger partial charge in [0.2, 0.25) is 5.91 Å². The Labute approximate surface area is 207 Å². The fourth-order valence-corrected chi connectivity index (χ4v) is 5.87. The zero-order valence-electron chi connectivity index (χ0n) is 19.4. The Kier molecular flexibility index (Phi) is 6.35. The first-order valence-electron chi connectivity index (χ1n) is 11.5. The van der Waals surface area contributed by atoms with Crippen LogP contribution in [-0.2, 0) is 11.2 Å². The first-order chi connectivity index (χ1) is 16.9. The average Bonchev–Trinajstić information content (AvgIpc) is 3.41. The fraction of sp³-hybridized carbons (Fsp3) is 0.360. The zero-order valence-corrected chi connectivity index (χ0v) is 20.2. The highest BCUT2D eigenvalue weighted by Gasteiger charge is 2.42. The first kappa shape index (κ1) is 23.5. The van der Waals surface area contributed by atoms with Crippen LogP contribution in [0, 0.1) is 5.92 Å². The molecule has 0 spiro atoms. The van der Waals surface area contributed by atoms with Crippen molar-refractivity contribution in [1.82, 2.24) is 9.55 Å². The van der Waals surface area contributed by atoms with Gasteiger partial charge >= 0.3 is 0 Å². The molecular weight excluding hydrogens is 464 g/mol. The smallest absolute Gasteiger partial charge is 0.235 e. The van der Waals surface area contributed by atoms with Crippen molar-refractivity contribution in [3.8, 4) is 0 Å². The summed E-state index contributed by atoms with van der Waals surface area (Å²) in [5, 5.41) is 25.5. The van der Waals surface area contributed by atoms with E-state index < -0.39 is 12.2 Å². The number of aliphatic hydroxyl groups excluding tert-OH is 2. The topological polar surface area (TPSA) is 138 Å². The minimum absolute atomic E-state index is 0.0388. The maximum atomic E-state index is 11.7. The summed E-state index contributed by atoms with van der Waals surface area (Å²) in [4.78, 5) is 25.5. The number of anilines is 1. The molecule has 4 atom stereocenters. The van der Waals surface area contributed by atoms with Crippen molar-refractivity contribution in [2.24, 2.45) is 21.6 Å². The van der Waals surface area contributed by atoms with E-state index in [-0.39, 0.29) is 17.9 Å². The number of aryl methyl sites for hydroxylation is 1. The lowest BCUT2D eigenvalue weighted by atomic mass is 9.95. The quantitative estimate of drug-likeness (QED) is 0.308. The number of nitrogens with one attached hydrogen (secondary N) is 1. The van der Waals surface area contributed by atoms with Gasteiger partial charge in [0.05, 0.1) is 33.9 Å². The largest absolute Gasteiger partial charge is 0.390 e. The van der Waals surface area contributed by atoms with E-state index in [1.54, 1.807) is 13.1 Å². The monoisotopic (exact) mass is 492 g/mol. The molecule has 9 nitrogen and oxygen atoms in total. The van der Waals surface area contributed by atoms with Gasteiger partial charge in [-0.15, -0.1) is 11.8 Å². The van der Waals surface area contributed by atoms with E-state index in [2.05, 4.69) is 39.1 Å². The lowest BCUT2D eigenvalue weighted by Gasteiger charge is -2.20. The number of pyridine rings is 1. The molecule has 2 aliphatic rings. The summed E-state index contributed by atoms with van der Waals surface area (Å²) in [5.74, 6) is 1.78. The van der Waals surface area contributed by atoms with Crippen LogP contribution in [0.25, 0.3) is 10.9 Å². The van der Waals surface area contributed by atoms with Gasteiger partial charge in [-0.25, -0.2) is 9.98 Å². The molecule has 1 fully saturated rings. The summed E-state index contributed by atoms with van der Waals surface area (Å²) in [7, 11) is 1.61. The SMILES string of the molecule is C=Nc1c(/C(N)=N\C)ccn1[C@@H]1C[C@H](CCc2ccc3cc4c(nc3c2)NC(=O)CS4)[C@@H](O)[C@H]1O. The molecule has 1 saturated carbocycles. The number of aliphatic hydroxyl groups is 2. The molecule has 1 aliphatic carbocycles. The number of amides is 1. The van der Waals surface area contributed by atoms with Crippen molar-refractivity contribution >= 4 is 52.8 Å². The standard InChI is InChI=1S/C25H28N6O3S/c1-27-23(26)16-7-8-31(25(16)28-2)18-10-15(21(33)22(18)34)6-4-13-3-5-14-11-19-24(29-17(14)9-13)30-20(32)12-35-19/h3,5,7-9,11,15,18,21-22,33-34H,2,4,6,10,12H2,1H3,(H2,26,27)(H,29,30,32)/t15-,18+,21+,22-/m0/s1. The third-order valence-corrected chi connectivity index (χ3v) is 7.98. The summed E-state index contributed by atoms with van der Waals surface area (Å²) in [6, 6.07) is 9.67. The maximum Gasteiger partial charge on any atom is 0.235 e. The Morgan fingerprint density at radius 1 is 1.31 bits per heavy atom. The van der Waals surface area contributed by atoms with Crippen molar-refractivity contribution in [2.75, 3.05) is 18.1 Å². The number of amidine groups is 1. The second-order valence-electron chi connectivity index (χ2n) is 9.01. The van der Waals surface area contributed by atoms with Crippen LogP contribution in [0.2, 0.25) is 0 Å². The Balaban J connectivity index is 1.32. The molecule has 2 aromatic heterocycles. The number of fused-ring (bicyclic) bond motifs is 2. The van der Waals surface area contributed by atoms with E-state index in [0.717, 1.165) is 27.8 Å². The number of aromatic nitrogens is 2. The number of benzene rings is 1. The molecule has 0 radical (unpaired) electrons. The van der Waals surface area contributed by atoms with Crippen LogP contribution in [0.1, 0.15) is 30.0 Å². The third kappa shape index (κ3) is 4.33. The van der Waals surface area contributed by atoms with Crippen molar-refractivity contribution in [2.45, 2.75) is 42.4 Å². The number of carbonyl (C=O) groups excluding carboxylic acids is 1. The maximum absolute atomic E-state index is 11.7. The Morgan fingerprint density at radius 3 is 2.91 bits per heavy atom. The van der Waals surface area contributed by atoms with E-state index in [9.17, 15) is 15.0 Å². The predicted molar refractivity (Wildman–Crippen MR) is 139 cm³/mol. The van der Waals surface area contributed by atoms with Crippen LogP contribution < -0.4 is 11.1 Å². The van der Waals surface area contributed by atoms with Gasteiger partial charge in [-0.1, -0.05) is 12.1 Å². The molecule has 0 saturated heterocycles. The van der Waals surface area contributed by atoms with Crippen molar-refractivity contribution in [3.63, 3.8) is 0 Å². The summed E-state index contributed by atoms with van der Waals surface area (Å²) in [5.41, 5.74) is 8.55. The van der Waals surface area contributed by atoms with Crippen LogP contribution in [-0.4, -0.2) is 63.2 Å². The molecule has 10 heteroatoms. The van der Waals surface area contributed by atoms with Crippen LogP contribution in [0.5, 0.6) is 0 Å². The second-order valence-corrected chi connectivity index (χ2v) is 10.0. The first-order valence-corrected chi connectivity index (χ1v) is 12.5. The highest BCUT2D eigenvalue weighted by Crippen LogP contribution is 2.41. The Bertz CT molecular complexity index is 1340. The molecule has 3 heterocycles. The van der Waals surface area contributed by atoms with Gasteiger partial charge in [0.25, 0.3) is 0 Å². The van der Waals surface area contributed by atoms with E-state index in [1.807, 2.05) is 22.9 Å². The van der Waals surface area contributed by atoms with Crippen molar-refractivity contribution in [3.05, 3.63) is 47.7 Å². The van der Waals surface area contributed by atoms with E-state index in [1.165, 1.54) is 11.8 Å². The third-order valence-electron chi connectivity index (χ3n) is 6.95. The minimum Gasteiger partial charge on any atom is -0.390 e. The highest BCUT2D eigenvalue weighted by atomic mass is 32.2. The fourth-order valence-electron chi connectivity index (χ4n) is 5.07. The van der Waals surface area contributed by atoms with Crippen molar-refractivity contribution < 1.29 is 15.0 Å². The molecule has 1 aliphatic heterocycles. The summed E-state index contributed by atoms with van der Waals surface area (Å²) >= 11 is 1.50. The van der Waals surface area contributed by atoms with Gasteiger partial charge in [-0.05, 0) is 55.7 Å². The normalized spacial score (nSPS) is 24.4. The van der Waals surface area contributed by atoms with Gasteiger partial charge in [0.1, 0.15) is 23.6 Å².